The number of benzene rings is 4. The van der Waals surface area contributed by atoms with Crippen LogP contribution >= 0.6 is 11.3 Å². The van der Waals surface area contributed by atoms with Crippen molar-refractivity contribution < 1.29 is 27.6 Å². The highest BCUT2D eigenvalue weighted by atomic mass is 32.2. The van der Waals surface area contributed by atoms with E-state index in [-0.39, 0.29) is 27.3 Å². The van der Waals surface area contributed by atoms with Crippen molar-refractivity contribution in [1.82, 2.24) is 8.54 Å². The quantitative estimate of drug-likeness (QED) is 0.114. The number of nitrogens with zero attached hydrogens (tertiary/aromatic N) is 4. The number of hydrogen-bond donors (Lipinski definition) is 0. The SMILES string of the molecule is CCOC(=O)C1=C(c2ccccc2)N=c2s/c(=C\c3cn(S(=O)(=O)c4cccc([N+](=O)[O-])c4)c4ccccc34)c(=O)n2[C@@H]1c1ccc(OC)cc1. The average molecular weight is 721 g/mol. The third kappa shape index (κ3) is 5.93. The number of nitro benzene ring substituents is 1. The summed E-state index contributed by atoms with van der Waals surface area (Å²) in [5.74, 6) is -0.0304. The standard InChI is InChI=1S/C37H28N4O8S2/c1-3-49-36(43)32-33(23-10-5-4-6-11-23)38-37-40(34(32)24-16-18-27(48-2)19-17-24)35(42)31(50-37)20-25-22-39(30-15-8-7-14-29(25)30)51(46,47)28-13-9-12-26(21-28)41(44)45/h4-22,34H,3H2,1-2H3/b31-20-/t34-/m1/s1. The van der Waals surface area contributed by atoms with Gasteiger partial charge in [0, 0.05) is 34.8 Å². The Morgan fingerprint density at radius 1 is 1.00 bits per heavy atom. The molecule has 0 N–H and O–H groups in total. The van der Waals surface area contributed by atoms with Gasteiger partial charge in [0.15, 0.2) is 4.80 Å². The summed E-state index contributed by atoms with van der Waals surface area (Å²) in [6, 6.07) is 26.9. The van der Waals surface area contributed by atoms with E-state index < -0.39 is 32.5 Å². The molecule has 4 aromatic carbocycles. The van der Waals surface area contributed by atoms with E-state index in [4.69, 9.17) is 14.5 Å². The largest absolute Gasteiger partial charge is 0.497 e. The van der Waals surface area contributed by atoms with Crippen molar-refractivity contribution in [2.24, 2.45) is 4.99 Å². The van der Waals surface area contributed by atoms with Crippen LogP contribution in [0.25, 0.3) is 22.7 Å². The Hall–Kier alpha value is -6.12. The fourth-order valence-corrected chi connectivity index (χ4v) is 8.45. The fourth-order valence-electron chi connectivity index (χ4n) is 6.04. The number of hydrogen-bond acceptors (Lipinski definition) is 10. The molecular formula is C37H28N4O8S2. The Labute approximate surface area is 294 Å². The van der Waals surface area contributed by atoms with E-state index in [2.05, 4.69) is 0 Å². The highest BCUT2D eigenvalue weighted by molar-refractivity contribution is 7.90. The first-order valence-corrected chi connectivity index (χ1v) is 17.9. The van der Waals surface area contributed by atoms with Gasteiger partial charge in [0.25, 0.3) is 21.3 Å². The van der Waals surface area contributed by atoms with Crippen LogP contribution in [0, 0.1) is 10.1 Å². The molecule has 0 fully saturated rings. The summed E-state index contributed by atoms with van der Waals surface area (Å²) >= 11 is 1.10. The summed E-state index contributed by atoms with van der Waals surface area (Å²) in [5, 5.41) is 11.9. The Morgan fingerprint density at radius 3 is 2.43 bits per heavy atom. The molecule has 256 valence electrons. The number of fused-ring (bicyclic) bond motifs is 2. The van der Waals surface area contributed by atoms with Crippen LogP contribution in [0.2, 0.25) is 0 Å². The van der Waals surface area contributed by atoms with Crippen LogP contribution < -0.4 is 19.6 Å². The molecule has 0 radical (unpaired) electrons. The van der Waals surface area contributed by atoms with Crippen LogP contribution in [0.3, 0.4) is 0 Å². The summed E-state index contributed by atoms with van der Waals surface area (Å²) in [4.78, 5) is 43.9. The summed E-state index contributed by atoms with van der Waals surface area (Å²) < 4.78 is 41.4. The number of ether oxygens (including phenoxy) is 2. The second-order valence-corrected chi connectivity index (χ2v) is 14.2. The van der Waals surface area contributed by atoms with Gasteiger partial charge >= 0.3 is 5.97 Å². The first kappa shape index (κ1) is 33.4. The molecule has 0 saturated heterocycles. The zero-order valence-corrected chi connectivity index (χ0v) is 28.8. The molecule has 0 unspecified atom stereocenters. The molecule has 7 rings (SSSR count). The first-order valence-electron chi connectivity index (χ1n) is 15.6. The topological polar surface area (TPSA) is 152 Å². The van der Waals surface area contributed by atoms with Gasteiger partial charge < -0.3 is 9.47 Å². The maximum atomic E-state index is 14.5. The van der Waals surface area contributed by atoms with Crippen molar-refractivity contribution in [2.45, 2.75) is 17.9 Å². The number of methoxy groups -OCH3 is 1. The highest BCUT2D eigenvalue weighted by Crippen LogP contribution is 2.36. The van der Waals surface area contributed by atoms with Gasteiger partial charge in [-0.15, -0.1) is 0 Å². The van der Waals surface area contributed by atoms with Gasteiger partial charge in [-0.1, -0.05) is 78.1 Å². The van der Waals surface area contributed by atoms with Crippen molar-refractivity contribution in [2.75, 3.05) is 13.7 Å². The number of non-ortho nitro benzene ring substituents is 1. The van der Waals surface area contributed by atoms with Crippen molar-refractivity contribution in [1.29, 1.82) is 0 Å². The molecule has 3 heterocycles. The monoisotopic (exact) mass is 720 g/mol. The number of esters is 1. The third-order valence-corrected chi connectivity index (χ3v) is 11.0. The Kier molecular flexibility index (Phi) is 8.71. The number of aromatic nitrogens is 2. The van der Waals surface area contributed by atoms with Crippen molar-refractivity contribution in [3.8, 4) is 5.75 Å². The maximum Gasteiger partial charge on any atom is 0.338 e. The predicted molar refractivity (Wildman–Crippen MR) is 192 cm³/mol. The van der Waals surface area contributed by atoms with E-state index in [0.29, 0.717) is 43.8 Å². The van der Waals surface area contributed by atoms with Crippen LogP contribution in [0.1, 0.15) is 29.7 Å². The number of thiazole rings is 1. The number of nitro groups is 1. The molecule has 6 aromatic rings. The molecule has 2 aromatic heterocycles. The summed E-state index contributed by atoms with van der Waals surface area (Å²) in [5.41, 5.74) is 1.74. The molecule has 14 heteroatoms. The van der Waals surface area contributed by atoms with Crippen LogP contribution in [-0.4, -0.2) is 41.6 Å². The van der Waals surface area contributed by atoms with E-state index in [0.717, 1.165) is 21.4 Å². The molecule has 0 bridgehead atoms. The normalized spacial score (nSPS) is 14.6. The molecule has 12 nitrogen and oxygen atoms in total. The predicted octanol–water partition coefficient (Wildman–Crippen LogP) is 5.04. The lowest BCUT2D eigenvalue weighted by atomic mass is 9.93. The minimum absolute atomic E-state index is 0.105. The van der Waals surface area contributed by atoms with E-state index in [1.807, 2.05) is 30.3 Å². The van der Waals surface area contributed by atoms with Gasteiger partial charge in [-0.25, -0.2) is 22.2 Å². The molecule has 0 spiro atoms. The molecule has 1 aliphatic rings. The summed E-state index contributed by atoms with van der Waals surface area (Å²) in [6.07, 6.45) is 2.98. The number of rotatable bonds is 9. The lowest BCUT2D eigenvalue weighted by Gasteiger charge is -2.26. The first-order chi connectivity index (χ1) is 24.6. The number of para-hydroxylation sites is 1. The fraction of sp³-hybridized carbons (Fsp3) is 0.108. The minimum atomic E-state index is -4.29. The Bertz CT molecular complexity index is 2680. The van der Waals surface area contributed by atoms with Gasteiger partial charge in [-0.2, -0.15) is 0 Å². The third-order valence-electron chi connectivity index (χ3n) is 8.39. The van der Waals surface area contributed by atoms with E-state index in [9.17, 15) is 28.1 Å². The molecule has 0 aliphatic carbocycles. The van der Waals surface area contributed by atoms with Crippen LogP contribution in [0.4, 0.5) is 5.69 Å². The summed E-state index contributed by atoms with van der Waals surface area (Å²) in [7, 11) is -2.75. The molecule has 0 saturated carbocycles. The molecule has 1 aliphatic heterocycles. The Morgan fingerprint density at radius 2 is 1.73 bits per heavy atom. The minimum Gasteiger partial charge on any atom is -0.497 e. The highest BCUT2D eigenvalue weighted by Gasteiger charge is 2.35. The molecule has 51 heavy (non-hydrogen) atoms. The molecule has 1 atom stereocenters. The van der Waals surface area contributed by atoms with Gasteiger partial charge in [0.2, 0.25) is 0 Å². The van der Waals surface area contributed by atoms with Gasteiger partial charge in [-0.05, 0) is 42.8 Å². The number of carbonyl (C=O) groups is 1. The smallest absolute Gasteiger partial charge is 0.338 e. The lowest BCUT2D eigenvalue weighted by molar-refractivity contribution is -0.385. The van der Waals surface area contributed by atoms with E-state index in [1.165, 1.54) is 29.0 Å². The lowest BCUT2D eigenvalue weighted by Crippen LogP contribution is -2.40. The second-order valence-electron chi connectivity index (χ2n) is 11.4. The van der Waals surface area contributed by atoms with Crippen LogP contribution in [0.5, 0.6) is 5.75 Å². The average Bonchev–Trinajstić information content (AvgIpc) is 3.68. The van der Waals surface area contributed by atoms with Gasteiger partial charge in [-0.3, -0.25) is 19.5 Å². The summed E-state index contributed by atoms with van der Waals surface area (Å²) in [6.45, 7) is 1.81. The van der Waals surface area contributed by atoms with E-state index in [1.54, 1.807) is 68.6 Å². The van der Waals surface area contributed by atoms with Crippen molar-refractivity contribution >= 4 is 55.7 Å². The molecular weight excluding hydrogens is 693 g/mol. The van der Waals surface area contributed by atoms with E-state index >= 15 is 0 Å². The van der Waals surface area contributed by atoms with Crippen LogP contribution in [-0.2, 0) is 19.6 Å². The number of carbonyl (C=O) groups excluding carboxylic acids is 1. The maximum absolute atomic E-state index is 14.5. The van der Waals surface area contributed by atoms with Gasteiger partial charge in [0.05, 0.1) is 50.9 Å². The van der Waals surface area contributed by atoms with Crippen molar-refractivity contribution in [3.63, 3.8) is 0 Å². The zero-order chi connectivity index (χ0) is 35.9. The second kappa shape index (κ2) is 13.3. The van der Waals surface area contributed by atoms with Crippen LogP contribution in [0.15, 0.2) is 130 Å². The van der Waals surface area contributed by atoms with Gasteiger partial charge in [0.1, 0.15) is 5.75 Å². The van der Waals surface area contributed by atoms with Crippen molar-refractivity contribution in [3.05, 3.63) is 161 Å². The Balaban J connectivity index is 1.46. The zero-order valence-electron chi connectivity index (χ0n) is 27.1. The molecule has 0 amide bonds.